The van der Waals surface area contributed by atoms with Crippen LogP contribution < -0.4 is 21.3 Å². The van der Waals surface area contributed by atoms with E-state index >= 15 is 0 Å². The molecule has 0 aromatic carbocycles. The largest absolute Gasteiger partial charge is 0.433 e. The number of pyridine rings is 1. The van der Waals surface area contributed by atoms with Crippen LogP contribution in [-0.2, 0) is 10.9 Å². The molecule has 34 heavy (non-hydrogen) atoms. The number of rotatable bonds is 4. The Morgan fingerprint density at radius 2 is 2.06 bits per heavy atom. The van der Waals surface area contributed by atoms with Gasteiger partial charge in [0, 0.05) is 24.6 Å². The lowest BCUT2D eigenvalue weighted by molar-refractivity contribution is -0.141. The van der Waals surface area contributed by atoms with Crippen LogP contribution >= 0.6 is 11.6 Å². The highest BCUT2D eigenvalue weighted by molar-refractivity contribution is 6.29. The molecule has 1 aliphatic heterocycles. The Balaban J connectivity index is 1.72. The van der Waals surface area contributed by atoms with Gasteiger partial charge in [0.15, 0.2) is 16.6 Å². The Labute approximate surface area is 195 Å². The highest BCUT2D eigenvalue weighted by Crippen LogP contribution is 2.37. The van der Waals surface area contributed by atoms with E-state index in [1.165, 1.54) is 22.8 Å². The van der Waals surface area contributed by atoms with E-state index in [0.29, 0.717) is 25.5 Å². The Morgan fingerprint density at radius 3 is 2.71 bits per heavy atom. The van der Waals surface area contributed by atoms with E-state index in [0.717, 1.165) is 11.1 Å². The number of carbonyl (C=O) groups excluding carboxylic acids is 2. The van der Waals surface area contributed by atoms with Crippen LogP contribution in [0.4, 0.5) is 40.0 Å². The molecule has 1 saturated heterocycles. The zero-order valence-corrected chi connectivity index (χ0v) is 18.3. The molecule has 11 nitrogen and oxygen atoms in total. The zero-order chi connectivity index (χ0) is 24.7. The molecule has 4 amide bonds. The Kier molecular flexibility index (Phi) is 5.95. The fourth-order valence-electron chi connectivity index (χ4n) is 3.65. The highest BCUT2D eigenvalue weighted by Gasteiger charge is 2.42. The maximum absolute atomic E-state index is 12.9. The van der Waals surface area contributed by atoms with Crippen LogP contribution in [0.15, 0.2) is 30.6 Å². The molecular formula is C19H18ClF3N8O3. The normalized spacial score (nSPS) is 18.1. The van der Waals surface area contributed by atoms with Gasteiger partial charge in [-0.1, -0.05) is 11.6 Å². The van der Waals surface area contributed by atoms with Crippen LogP contribution in [0, 0.1) is 0 Å². The number of amides is 4. The summed E-state index contributed by atoms with van der Waals surface area (Å²) in [5, 5.41) is 8.95. The van der Waals surface area contributed by atoms with Crippen molar-refractivity contribution >= 4 is 46.5 Å². The van der Waals surface area contributed by atoms with Crippen molar-refractivity contribution in [3.8, 4) is 0 Å². The molecular weight excluding hydrogens is 481 g/mol. The van der Waals surface area contributed by atoms with Crippen molar-refractivity contribution in [2.75, 3.05) is 22.1 Å². The lowest BCUT2D eigenvalue weighted by atomic mass is 10.1. The fraction of sp³-hybridized carbons (Fsp3) is 0.316. The van der Waals surface area contributed by atoms with Crippen LogP contribution in [0.2, 0.25) is 5.15 Å². The summed E-state index contributed by atoms with van der Waals surface area (Å²) in [7, 11) is 0. The molecule has 0 bridgehead atoms. The summed E-state index contributed by atoms with van der Waals surface area (Å²) < 4.78 is 45.7. The Hall–Kier alpha value is -3.65. The summed E-state index contributed by atoms with van der Waals surface area (Å²) in [5.74, 6) is 0.00894. The first-order valence-electron chi connectivity index (χ1n) is 9.87. The third kappa shape index (κ3) is 4.54. The Morgan fingerprint density at radius 1 is 1.29 bits per heavy atom. The molecule has 1 atom stereocenters. The number of urea groups is 2. The second-order valence-electron chi connectivity index (χ2n) is 7.54. The van der Waals surface area contributed by atoms with Crippen LogP contribution in [0.1, 0.15) is 25.5 Å². The van der Waals surface area contributed by atoms with Gasteiger partial charge in [-0.2, -0.15) is 22.8 Å². The molecule has 1 fully saturated rings. The first kappa shape index (κ1) is 23.5. The van der Waals surface area contributed by atoms with Gasteiger partial charge < -0.3 is 21.1 Å². The molecule has 4 heterocycles. The highest BCUT2D eigenvalue weighted by atomic mass is 35.5. The molecule has 3 aromatic rings. The van der Waals surface area contributed by atoms with Crippen LogP contribution in [0.3, 0.4) is 0 Å². The van der Waals surface area contributed by atoms with E-state index in [4.69, 9.17) is 22.1 Å². The summed E-state index contributed by atoms with van der Waals surface area (Å²) in [6.07, 6.45) is -1.44. The summed E-state index contributed by atoms with van der Waals surface area (Å²) in [6.45, 7) is 2.03. The summed E-state index contributed by atoms with van der Waals surface area (Å²) in [6, 6.07) is 1.49. The van der Waals surface area contributed by atoms with Gasteiger partial charge in [0.2, 0.25) is 0 Å². The second kappa shape index (κ2) is 8.61. The summed E-state index contributed by atoms with van der Waals surface area (Å²) in [5.41, 5.74) is 3.43. The van der Waals surface area contributed by atoms with Crippen LogP contribution in [0.5, 0.6) is 0 Å². The van der Waals surface area contributed by atoms with Crippen molar-refractivity contribution in [2.24, 2.45) is 5.73 Å². The van der Waals surface area contributed by atoms with Gasteiger partial charge in [0.05, 0.1) is 6.20 Å². The van der Waals surface area contributed by atoms with E-state index in [9.17, 15) is 22.8 Å². The van der Waals surface area contributed by atoms with E-state index in [1.54, 1.807) is 6.92 Å². The molecule has 0 aliphatic carbocycles. The zero-order valence-electron chi connectivity index (χ0n) is 17.6. The topological polar surface area (TPSA) is 140 Å². The average Bonchev–Trinajstić information content (AvgIpc) is 3.34. The molecule has 0 radical (unpaired) electrons. The molecule has 3 aromatic heterocycles. The minimum absolute atomic E-state index is 0.00894. The number of nitrogens with zero attached hydrogens (tertiary/aromatic N) is 5. The number of aromatic nitrogens is 4. The number of fused-ring (bicyclic) bond motifs is 1. The van der Waals surface area contributed by atoms with Gasteiger partial charge in [0.1, 0.15) is 17.1 Å². The predicted octanol–water partition coefficient (Wildman–Crippen LogP) is 3.85. The smallest absolute Gasteiger partial charge is 0.355 e. The van der Waals surface area contributed by atoms with E-state index in [-0.39, 0.29) is 28.0 Å². The number of halogens is 4. The number of nitrogens with two attached hydrogens (primary N) is 1. The van der Waals surface area contributed by atoms with Crippen LogP contribution in [0.25, 0.3) is 5.65 Å². The third-order valence-corrected chi connectivity index (χ3v) is 5.27. The molecule has 1 unspecified atom stereocenters. The lowest BCUT2D eigenvalue weighted by Gasteiger charge is -2.36. The maximum Gasteiger partial charge on any atom is 0.433 e. The predicted molar refractivity (Wildman–Crippen MR) is 116 cm³/mol. The number of nitrogens with one attached hydrogen (secondary N) is 2. The first-order valence-corrected chi connectivity index (χ1v) is 10.2. The SMILES string of the molecule is CC1(N(C(N)=O)c2c(NC(=O)Nc3ccnc(C(F)(F)F)c3)cnc3cc(Cl)nn23)CCCO1. The van der Waals surface area contributed by atoms with Crippen molar-refractivity contribution in [1.82, 2.24) is 19.6 Å². The number of ether oxygens (including phenoxy) is 1. The van der Waals surface area contributed by atoms with Crippen molar-refractivity contribution < 1.29 is 27.5 Å². The van der Waals surface area contributed by atoms with Crippen LogP contribution in [-0.4, -0.2) is 44.0 Å². The van der Waals surface area contributed by atoms with Crippen molar-refractivity contribution in [2.45, 2.75) is 31.7 Å². The summed E-state index contributed by atoms with van der Waals surface area (Å²) >= 11 is 6.02. The second-order valence-corrected chi connectivity index (χ2v) is 7.93. The molecule has 4 rings (SSSR count). The molecule has 1 aliphatic rings. The van der Waals surface area contributed by atoms with E-state index < -0.39 is 29.7 Å². The van der Waals surface area contributed by atoms with E-state index in [2.05, 4.69) is 25.7 Å². The van der Waals surface area contributed by atoms with E-state index in [1.807, 2.05) is 0 Å². The third-order valence-electron chi connectivity index (χ3n) is 5.09. The molecule has 180 valence electrons. The number of carbonyl (C=O) groups is 2. The monoisotopic (exact) mass is 498 g/mol. The van der Waals surface area contributed by atoms with Gasteiger partial charge in [0.25, 0.3) is 0 Å². The maximum atomic E-state index is 12.9. The first-order chi connectivity index (χ1) is 16.0. The molecule has 0 saturated carbocycles. The van der Waals surface area contributed by atoms with Gasteiger partial charge >= 0.3 is 18.2 Å². The molecule has 0 spiro atoms. The van der Waals surface area contributed by atoms with Crippen molar-refractivity contribution in [3.05, 3.63) is 41.4 Å². The molecule has 15 heteroatoms. The number of anilines is 3. The fourth-order valence-corrected chi connectivity index (χ4v) is 3.82. The van der Waals surface area contributed by atoms with Gasteiger partial charge in [-0.3, -0.25) is 4.98 Å². The Bertz CT molecular complexity index is 1260. The van der Waals surface area contributed by atoms with Gasteiger partial charge in [-0.05, 0) is 31.9 Å². The molecule has 4 N–H and O–H groups in total. The van der Waals surface area contributed by atoms with Gasteiger partial charge in [-0.15, -0.1) is 0 Å². The van der Waals surface area contributed by atoms with Crippen molar-refractivity contribution in [1.29, 1.82) is 0 Å². The quantitative estimate of drug-likeness (QED) is 0.499. The summed E-state index contributed by atoms with van der Waals surface area (Å²) in [4.78, 5) is 33.7. The number of alkyl halides is 3. The lowest BCUT2D eigenvalue weighted by Crippen LogP contribution is -2.53. The van der Waals surface area contributed by atoms with Crippen molar-refractivity contribution in [3.63, 3.8) is 0 Å². The number of hydrogen-bond acceptors (Lipinski definition) is 6. The minimum atomic E-state index is -4.69. The minimum Gasteiger partial charge on any atom is -0.355 e. The van der Waals surface area contributed by atoms with Gasteiger partial charge in [-0.25, -0.2) is 19.5 Å². The standard InChI is InChI=1S/C19H18ClF3N8O3/c1-18(4-2-6-34-18)30(16(24)32)15-11(9-26-14-8-13(20)29-31(14)15)28-17(33)27-10-3-5-25-12(7-10)19(21,22)23/h3,5,7-9H,2,4,6H2,1H3,(H2,24,32)(H2,25,27,28,33). The number of hydrogen-bond donors (Lipinski definition) is 3. The number of primary amides is 1. The average molecular weight is 499 g/mol.